The van der Waals surface area contributed by atoms with Crippen molar-refractivity contribution in [1.82, 2.24) is 19.6 Å². The van der Waals surface area contributed by atoms with Gasteiger partial charge in [0.1, 0.15) is 11.9 Å². The van der Waals surface area contributed by atoms with Crippen molar-refractivity contribution in [3.05, 3.63) is 88.5 Å². The summed E-state index contributed by atoms with van der Waals surface area (Å²) in [4.78, 5) is 16.7. The zero-order chi connectivity index (χ0) is 33.2. The van der Waals surface area contributed by atoms with E-state index in [4.69, 9.17) is 5.10 Å². The first-order valence-electron chi connectivity index (χ1n) is 16.5. The predicted molar refractivity (Wildman–Crippen MR) is 170 cm³/mol. The maximum Gasteiger partial charge on any atom is 0.416 e. The second-order valence-corrected chi connectivity index (χ2v) is 13.6. The van der Waals surface area contributed by atoms with Crippen LogP contribution >= 0.6 is 0 Å². The molecule has 0 amide bonds. The lowest BCUT2D eigenvalue weighted by Crippen LogP contribution is -2.47. The summed E-state index contributed by atoms with van der Waals surface area (Å²) in [5.41, 5.74) is 3.17. The Morgan fingerprint density at radius 1 is 1.07 bits per heavy atom. The Morgan fingerprint density at radius 3 is 2.35 bits per heavy atom. The fourth-order valence-electron chi connectivity index (χ4n) is 7.85. The molecule has 2 fully saturated rings. The minimum atomic E-state index is -4.35. The van der Waals surface area contributed by atoms with E-state index < -0.39 is 23.8 Å². The van der Waals surface area contributed by atoms with Crippen LogP contribution in [0, 0.1) is 17.7 Å². The van der Waals surface area contributed by atoms with E-state index in [0.29, 0.717) is 12.3 Å². The number of alkyl halides is 3. The van der Waals surface area contributed by atoms with Crippen LogP contribution in [-0.2, 0) is 23.9 Å². The number of halogens is 4. The minimum absolute atomic E-state index is 0.0276. The van der Waals surface area contributed by atoms with Crippen molar-refractivity contribution in [1.29, 1.82) is 0 Å². The number of likely N-dealkylation sites (tertiary alicyclic amines) is 1. The Kier molecular flexibility index (Phi) is 10.6. The number of carboxylic acid groups (broad SMARTS) is 1. The highest BCUT2D eigenvalue weighted by Gasteiger charge is 2.42. The molecule has 2 aromatic carbocycles. The van der Waals surface area contributed by atoms with Crippen LogP contribution < -0.4 is 0 Å². The predicted octanol–water partition coefficient (Wildman–Crippen LogP) is 7.43. The number of aromatic nitrogens is 2. The number of carboxylic acids is 1. The molecule has 1 aromatic heterocycles. The maximum atomic E-state index is 14.3. The topological polar surface area (TPSA) is 61.6 Å². The molecule has 1 saturated heterocycles. The highest BCUT2D eigenvalue weighted by molar-refractivity contribution is 5.73. The molecule has 2 aliphatic rings. The van der Waals surface area contributed by atoms with Crippen LogP contribution in [0.1, 0.15) is 86.4 Å². The Morgan fingerprint density at radius 2 is 1.76 bits per heavy atom. The van der Waals surface area contributed by atoms with Gasteiger partial charge in [-0.05, 0) is 112 Å². The van der Waals surface area contributed by atoms with Gasteiger partial charge in [0.2, 0.25) is 0 Å². The summed E-state index contributed by atoms with van der Waals surface area (Å²) < 4.78 is 55.3. The van der Waals surface area contributed by atoms with Gasteiger partial charge in [-0.15, -0.1) is 0 Å². The average molecular weight is 643 g/mol. The van der Waals surface area contributed by atoms with E-state index in [0.717, 1.165) is 80.8 Å². The fourth-order valence-corrected chi connectivity index (χ4v) is 7.85. The van der Waals surface area contributed by atoms with Crippen LogP contribution in [0.15, 0.2) is 54.6 Å². The number of likely N-dealkylation sites (N-methyl/N-ethyl adjacent to an activating group) is 1. The minimum Gasteiger partial charge on any atom is -0.480 e. The molecule has 46 heavy (non-hydrogen) atoms. The standard InChI is InChI=1S/C36H46F4N4O2/c1-5-44-33(20-30(41-44)17-24-9-11-28(12-10-24)36(38,39)40)25-13-15-43(16-14-25)22-27-19-31(42(4)34(23(2)3)35(45)46)21-32(27)26-7-6-8-29(37)18-26/h6-12,18,20,23,25,27,31-32,34H,5,13-17,19,21-22H2,1-4H3,(H,45,46)/t27-,31?,32-,34-/m1/s1. The van der Waals surface area contributed by atoms with E-state index in [2.05, 4.69) is 17.9 Å². The molecule has 3 aromatic rings. The van der Waals surface area contributed by atoms with Crippen molar-refractivity contribution in [3.8, 4) is 0 Å². The molecule has 0 radical (unpaired) electrons. The highest BCUT2D eigenvalue weighted by Crippen LogP contribution is 2.44. The summed E-state index contributed by atoms with van der Waals surface area (Å²) in [7, 11) is 1.92. The van der Waals surface area contributed by atoms with Gasteiger partial charge >= 0.3 is 12.1 Å². The lowest BCUT2D eigenvalue weighted by molar-refractivity contribution is -0.145. The third-order valence-corrected chi connectivity index (χ3v) is 10.2. The molecule has 1 N–H and O–H groups in total. The van der Waals surface area contributed by atoms with E-state index in [1.165, 1.54) is 23.9 Å². The van der Waals surface area contributed by atoms with Gasteiger partial charge < -0.3 is 10.0 Å². The zero-order valence-electron chi connectivity index (χ0n) is 27.2. The van der Waals surface area contributed by atoms with E-state index >= 15 is 0 Å². The molecule has 1 unspecified atom stereocenters. The van der Waals surface area contributed by atoms with Gasteiger partial charge in [-0.2, -0.15) is 18.3 Å². The van der Waals surface area contributed by atoms with Crippen molar-refractivity contribution >= 4 is 5.97 Å². The van der Waals surface area contributed by atoms with Crippen LogP contribution in [-0.4, -0.2) is 69.4 Å². The molecule has 10 heteroatoms. The normalized spacial score (nSPS) is 22.2. The van der Waals surface area contributed by atoms with Crippen LogP contribution in [0.25, 0.3) is 0 Å². The average Bonchev–Trinajstić information content (AvgIpc) is 3.61. The van der Waals surface area contributed by atoms with Crippen molar-refractivity contribution < 1.29 is 27.5 Å². The SMILES string of the molecule is CCn1nc(Cc2ccc(C(F)(F)F)cc2)cc1C1CCN(C[C@H]2CC(N(C)[C@@H](C(=O)O)C(C)C)C[C@@H]2c2cccc(F)c2)CC1. The highest BCUT2D eigenvalue weighted by atomic mass is 19.4. The molecular formula is C36H46F4N4O2. The molecule has 6 nitrogen and oxygen atoms in total. The monoisotopic (exact) mass is 642 g/mol. The summed E-state index contributed by atoms with van der Waals surface area (Å²) in [6, 6.07) is 13.8. The Hall–Kier alpha value is -3.24. The molecule has 250 valence electrons. The van der Waals surface area contributed by atoms with Gasteiger partial charge in [-0.3, -0.25) is 14.4 Å². The van der Waals surface area contributed by atoms with Crippen molar-refractivity contribution in [2.75, 3.05) is 26.7 Å². The van der Waals surface area contributed by atoms with Crippen LogP contribution in [0.4, 0.5) is 17.6 Å². The number of hydrogen-bond acceptors (Lipinski definition) is 4. The molecule has 1 aliphatic carbocycles. The van der Waals surface area contributed by atoms with Crippen molar-refractivity contribution in [2.45, 2.75) is 89.5 Å². The molecule has 1 saturated carbocycles. The number of carbonyl (C=O) groups is 1. The number of piperidine rings is 1. The van der Waals surface area contributed by atoms with Crippen molar-refractivity contribution in [2.24, 2.45) is 11.8 Å². The van der Waals surface area contributed by atoms with E-state index in [9.17, 15) is 27.5 Å². The lowest BCUT2D eigenvalue weighted by Gasteiger charge is -2.35. The molecule has 5 rings (SSSR count). The summed E-state index contributed by atoms with van der Waals surface area (Å²) >= 11 is 0. The van der Waals surface area contributed by atoms with Gasteiger partial charge in [0.25, 0.3) is 0 Å². The smallest absolute Gasteiger partial charge is 0.416 e. The third-order valence-electron chi connectivity index (χ3n) is 10.2. The molecular weight excluding hydrogens is 596 g/mol. The van der Waals surface area contributed by atoms with E-state index in [1.807, 2.05) is 36.5 Å². The second-order valence-electron chi connectivity index (χ2n) is 13.6. The third kappa shape index (κ3) is 7.82. The Balaban J connectivity index is 1.24. The van der Waals surface area contributed by atoms with Gasteiger partial charge in [0.15, 0.2) is 0 Å². The van der Waals surface area contributed by atoms with Crippen LogP contribution in [0.5, 0.6) is 0 Å². The lowest BCUT2D eigenvalue weighted by atomic mass is 9.87. The van der Waals surface area contributed by atoms with Crippen LogP contribution in [0.2, 0.25) is 0 Å². The van der Waals surface area contributed by atoms with Gasteiger partial charge in [-0.1, -0.05) is 38.1 Å². The van der Waals surface area contributed by atoms with Gasteiger partial charge in [0, 0.05) is 37.2 Å². The summed E-state index contributed by atoms with van der Waals surface area (Å²) in [5.74, 6) is -0.307. The summed E-state index contributed by atoms with van der Waals surface area (Å²) in [6.07, 6.45) is -0.257. The zero-order valence-corrected chi connectivity index (χ0v) is 27.2. The fraction of sp³-hybridized carbons (Fsp3) is 0.556. The van der Waals surface area contributed by atoms with E-state index in [-0.39, 0.29) is 29.6 Å². The number of rotatable bonds is 11. The Labute approximate surface area is 269 Å². The first-order chi connectivity index (χ1) is 21.8. The summed E-state index contributed by atoms with van der Waals surface area (Å²) in [6.45, 7) is 9.39. The van der Waals surface area contributed by atoms with Gasteiger partial charge in [0.05, 0.1) is 11.3 Å². The number of nitrogens with zero attached hydrogens (tertiary/aromatic N) is 4. The Bertz CT molecular complexity index is 1460. The molecule has 4 atom stereocenters. The first-order valence-corrected chi connectivity index (χ1v) is 16.5. The second kappa shape index (κ2) is 14.3. The summed E-state index contributed by atoms with van der Waals surface area (Å²) in [5, 5.41) is 14.7. The maximum absolute atomic E-state index is 14.3. The van der Waals surface area contributed by atoms with Crippen molar-refractivity contribution in [3.63, 3.8) is 0 Å². The number of aliphatic carboxylic acids is 1. The first kappa shape index (κ1) is 34.1. The molecule has 0 spiro atoms. The van der Waals surface area contributed by atoms with Crippen LogP contribution in [0.3, 0.4) is 0 Å². The van der Waals surface area contributed by atoms with Gasteiger partial charge in [-0.25, -0.2) is 4.39 Å². The molecule has 0 bridgehead atoms. The number of hydrogen-bond donors (Lipinski definition) is 1. The number of aryl methyl sites for hydroxylation is 1. The quantitative estimate of drug-likeness (QED) is 0.221. The largest absolute Gasteiger partial charge is 0.480 e. The van der Waals surface area contributed by atoms with E-state index in [1.54, 1.807) is 12.1 Å². The number of benzene rings is 2. The molecule has 2 heterocycles. The molecule has 1 aliphatic heterocycles.